The van der Waals surface area contributed by atoms with E-state index in [9.17, 15) is 0 Å². The molecule has 0 aliphatic heterocycles. The van der Waals surface area contributed by atoms with Crippen LogP contribution < -0.4 is 5.32 Å². The van der Waals surface area contributed by atoms with Gasteiger partial charge in [-0.25, -0.2) is 0 Å². The molecule has 0 radical (unpaired) electrons. The summed E-state index contributed by atoms with van der Waals surface area (Å²) in [6.07, 6.45) is 1.24. The molecule has 1 atom stereocenters. The van der Waals surface area contributed by atoms with Crippen molar-refractivity contribution in [2.24, 2.45) is 5.92 Å². The molecule has 2 heteroatoms. The molecule has 0 aliphatic carbocycles. The van der Waals surface area contributed by atoms with Crippen LogP contribution in [0.3, 0.4) is 0 Å². The normalized spacial score (nSPS) is 14.4. The molecule has 0 bridgehead atoms. The third kappa shape index (κ3) is 4.97. The van der Waals surface area contributed by atoms with Gasteiger partial charge >= 0.3 is 0 Å². The lowest BCUT2D eigenvalue weighted by molar-refractivity contribution is 0.183. The van der Waals surface area contributed by atoms with E-state index in [4.69, 9.17) is 0 Å². The van der Waals surface area contributed by atoms with Crippen molar-refractivity contribution >= 4 is 0 Å². The average molecular weight is 200 g/mol. The minimum absolute atomic E-state index is 0.615. The van der Waals surface area contributed by atoms with Gasteiger partial charge in [0.15, 0.2) is 0 Å². The Labute approximate surface area is 90.1 Å². The predicted molar refractivity (Wildman–Crippen MR) is 64.7 cm³/mol. The van der Waals surface area contributed by atoms with Crippen LogP contribution in [0.4, 0.5) is 0 Å². The Morgan fingerprint density at radius 1 is 1.14 bits per heavy atom. The van der Waals surface area contributed by atoms with E-state index in [0.717, 1.165) is 0 Å². The first-order valence-corrected chi connectivity index (χ1v) is 5.94. The van der Waals surface area contributed by atoms with Gasteiger partial charge in [-0.1, -0.05) is 20.8 Å². The molecule has 0 saturated carbocycles. The summed E-state index contributed by atoms with van der Waals surface area (Å²) in [5.41, 5.74) is 0. The van der Waals surface area contributed by atoms with Crippen LogP contribution in [0.15, 0.2) is 0 Å². The van der Waals surface area contributed by atoms with E-state index >= 15 is 0 Å². The van der Waals surface area contributed by atoms with Gasteiger partial charge in [0.05, 0.1) is 0 Å². The quantitative estimate of drug-likeness (QED) is 0.678. The van der Waals surface area contributed by atoms with E-state index in [2.05, 4.69) is 51.9 Å². The summed E-state index contributed by atoms with van der Waals surface area (Å²) in [6, 6.07) is 1.27. The molecule has 0 aliphatic rings. The van der Waals surface area contributed by atoms with Crippen molar-refractivity contribution in [1.29, 1.82) is 0 Å². The predicted octanol–water partition coefficient (Wildman–Crippen LogP) is 2.35. The summed E-state index contributed by atoms with van der Waals surface area (Å²) in [5.74, 6) is 0.707. The first-order valence-electron chi connectivity index (χ1n) is 5.94. The van der Waals surface area contributed by atoms with Crippen LogP contribution in [0, 0.1) is 5.92 Å². The number of nitrogens with one attached hydrogen (secondary N) is 1. The minimum atomic E-state index is 0.615. The fourth-order valence-electron chi connectivity index (χ4n) is 1.74. The summed E-state index contributed by atoms with van der Waals surface area (Å²) in [7, 11) is 2.06. The van der Waals surface area contributed by atoms with Gasteiger partial charge in [-0.05, 0) is 39.8 Å². The summed E-state index contributed by atoms with van der Waals surface area (Å²) < 4.78 is 0. The van der Waals surface area contributed by atoms with E-state index in [1.54, 1.807) is 0 Å². The highest BCUT2D eigenvalue weighted by atomic mass is 15.2. The van der Waals surface area contributed by atoms with Crippen LogP contribution in [-0.4, -0.2) is 37.1 Å². The van der Waals surface area contributed by atoms with Gasteiger partial charge in [-0.2, -0.15) is 0 Å². The van der Waals surface area contributed by atoms with Gasteiger partial charge < -0.3 is 5.32 Å². The maximum absolute atomic E-state index is 3.40. The molecular weight excluding hydrogens is 172 g/mol. The lowest BCUT2D eigenvalue weighted by Crippen LogP contribution is -2.45. The van der Waals surface area contributed by atoms with E-state index in [-0.39, 0.29) is 0 Å². The molecule has 0 rings (SSSR count). The third-order valence-electron chi connectivity index (χ3n) is 2.85. The number of rotatable bonds is 7. The fourth-order valence-corrected chi connectivity index (χ4v) is 1.74. The Bertz CT molecular complexity index is 132. The second kappa shape index (κ2) is 7.24. The van der Waals surface area contributed by atoms with Gasteiger partial charge in [-0.3, -0.25) is 4.90 Å². The first-order chi connectivity index (χ1) is 6.52. The van der Waals surface area contributed by atoms with Crippen molar-refractivity contribution in [2.45, 2.75) is 53.1 Å². The zero-order valence-electron chi connectivity index (χ0n) is 10.8. The van der Waals surface area contributed by atoms with E-state index in [0.29, 0.717) is 18.0 Å². The van der Waals surface area contributed by atoms with Gasteiger partial charge in [-0.15, -0.1) is 0 Å². The molecule has 2 nitrogen and oxygen atoms in total. The van der Waals surface area contributed by atoms with Crippen LogP contribution in [0.2, 0.25) is 0 Å². The first kappa shape index (κ1) is 13.9. The van der Waals surface area contributed by atoms with Crippen LogP contribution in [0.5, 0.6) is 0 Å². The Kier molecular flexibility index (Phi) is 7.20. The van der Waals surface area contributed by atoms with Crippen molar-refractivity contribution in [1.82, 2.24) is 10.2 Å². The Hall–Kier alpha value is -0.0800. The molecule has 0 heterocycles. The zero-order valence-corrected chi connectivity index (χ0v) is 10.8. The van der Waals surface area contributed by atoms with E-state index in [1.165, 1.54) is 19.5 Å². The number of hydrogen-bond acceptors (Lipinski definition) is 2. The second-order valence-corrected chi connectivity index (χ2v) is 4.73. The molecule has 0 spiro atoms. The highest BCUT2D eigenvalue weighted by molar-refractivity contribution is 4.75. The Morgan fingerprint density at radius 3 is 2.00 bits per heavy atom. The van der Waals surface area contributed by atoms with Gasteiger partial charge in [0.25, 0.3) is 0 Å². The van der Waals surface area contributed by atoms with Crippen LogP contribution >= 0.6 is 0 Å². The zero-order chi connectivity index (χ0) is 11.1. The molecule has 0 fully saturated rings. The molecule has 0 aromatic carbocycles. The largest absolute Gasteiger partial charge is 0.315 e. The highest BCUT2D eigenvalue weighted by Gasteiger charge is 2.16. The third-order valence-corrected chi connectivity index (χ3v) is 2.85. The molecule has 86 valence electrons. The molecule has 1 unspecified atom stereocenters. The average Bonchev–Trinajstić information content (AvgIpc) is 2.11. The fraction of sp³-hybridized carbons (Fsp3) is 1.00. The number of likely N-dealkylation sites (N-methyl/N-ethyl adjacent to an activating group) is 1. The Morgan fingerprint density at radius 2 is 1.71 bits per heavy atom. The molecule has 14 heavy (non-hydrogen) atoms. The maximum Gasteiger partial charge on any atom is 0.0215 e. The lowest BCUT2D eigenvalue weighted by atomic mass is 10.0. The smallest absolute Gasteiger partial charge is 0.0215 e. The van der Waals surface area contributed by atoms with Crippen molar-refractivity contribution in [3.63, 3.8) is 0 Å². The van der Waals surface area contributed by atoms with E-state index in [1.807, 2.05) is 0 Å². The van der Waals surface area contributed by atoms with Crippen molar-refractivity contribution < 1.29 is 0 Å². The highest BCUT2D eigenvalue weighted by Crippen LogP contribution is 2.07. The minimum Gasteiger partial charge on any atom is -0.315 e. The SMILES string of the molecule is CCCN(CC(NC)C(C)C)C(C)C. The monoisotopic (exact) mass is 200 g/mol. The van der Waals surface area contributed by atoms with Crippen molar-refractivity contribution in [3.05, 3.63) is 0 Å². The van der Waals surface area contributed by atoms with Gasteiger partial charge in [0.2, 0.25) is 0 Å². The summed E-state index contributed by atoms with van der Waals surface area (Å²) in [5, 5.41) is 3.40. The van der Waals surface area contributed by atoms with Gasteiger partial charge in [0, 0.05) is 18.6 Å². The number of nitrogens with zero attached hydrogens (tertiary/aromatic N) is 1. The van der Waals surface area contributed by atoms with Crippen LogP contribution in [0.1, 0.15) is 41.0 Å². The molecule has 0 aromatic heterocycles. The number of hydrogen-bond donors (Lipinski definition) is 1. The van der Waals surface area contributed by atoms with Crippen molar-refractivity contribution in [2.75, 3.05) is 20.1 Å². The van der Waals surface area contributed by atoms with Crippen molar-refractivity contribution in [3.8, 4) is 0 Å². The summed E-state index contributed by atoms with van der Waals surface area (Å²) >= 11 is 0. The topological polar surface area (TPSA) is 15.3 Å². The molecule has 0 saturated heterocycles. The van der Waals surface area contributed by atoms with Crippen LogP contribution in [-0.2, 0) is 0 Å². The maximum atomic E-state index is 3.40. The lowest BCUT2D eigenvalue weighted by Gasteiger charge is -2.32. The van der Waals surface area contributed by atoms with Crippen LogP contribution in [0.25, 0.3) is 0 Å². The molecule has 0 aromatic rings. The van der Waals surface area contributed by atoms with E-state index < -0.39 is 0 Å². The molecule has 1 N–H and O–H groups in total. The van der Waals surface area contributed by atoms with Gasteiger partial charge in [0.1, 0.15) is 0 Å². The second-order valence-electron chi connectivity index (χ2n) is 4.73. The summed E-state index contributed by atoms with van der Waals surface area (Å²) in [4.78, 5) is 2.56. The Balaban J connectivity index is 4.11. The standard InChI is InChI=1S/C12H28N2/c1-7-8-14(11(4)5)9-12(13-6)10(2)3/h10-13H,7-9H2,1-6H3. The molecule has 0 amide bonds. The summed E-state index contributed by atoms with van der Waals surface area (Å²) in [6.45, 7) is 13.8. The molecular formula is C12H28N2.